The first-order chi connectivity index (χ1) is 13.3. The first kappa shape index (κ1) is 17.9. The van der Waals surface area contributed by atoms with Gasteiger partial charge in [0.25, 0.3) is 5.91 Å². The lowest BCUT2D eigenvalue weighted by molar-refractivity contribution is -0.136. The SMILES string of the molecule is CN1C(=O)C2(CC3(CCC3)Oc3ccc(-c4ccc(F)c(I)c4)cc32)N=C1N. The molecule has 1 amide bonds. The van der Waals surface area contributed by atoms with Crippen LogP contribution in [0.1, 0.15) is 31.2 Å². The van der Waals surface area contributed by atoms with Gasteiger partial charge in [-0.1, -0.05) is 12.1 Å². The molecule has 0 radical (unpaired) electrons. The molecule has 2 spiro atoms. The van der Waals surface area contributed by atoms with Crippen LogP contribution in [0.4, 0.5) is 4.39 Å². The Kier molecular flexibility index (Phi) is 3.78. The van der Waals surface area contributed by atoms with E-state index in [0.717, 1.165) is 36.0 Å². The first-order valence-electron chi connectivity index (χ1n) is 9.26. The Hall–Kier alpha value is -2.16. The van der Waals surface area contributed by atoms with E-state index in [2.05, 4.69) is 4.99 Å². The van der Waals surface area contributed by atoms with E-state index in [9.17, 15) is 9.18 Å². The number of hydrogen-bond acceptors (Lipinski definition) is 4. The van der Waals surface area contributed by atoms with E-state index in [1.54, 1.807) is 19.2 Å². The minimum absolute atomic E-state index is 0.119. The molecule has 28 heavy (non-hydrogen) atoms. The van der Waals surface area contributed by atoms with Gasteiger partial charge in [-0.3, -0.25) is 9.69 Å². The highest BCUT2D eigenvalue weighted by Crippen LogP contribution is 2.55. The highest BCUT2D eigenvalue weighted by Gasteiger charge is 2.59. The summed E-state index contributed by atoms with van der Waals surface area (Å²) in [6, 6.07) is 10.8. The molecule has 7 heteroatoms. The van der Waals surface area contributed by atoms with Gasteiger partial charge < -0.3 is 10.5 Å². The number of guanidine groups is 1. The molecule has 2 aliphatic heterocycles. The van der Waals surface area contributed by atoms with Crippen LogP contribution >= 0.6 is 22.6 Å². The number of carbonyl (C=O) groups excluding carboxylic acids is 1. The number of carbonyl (C=O) groups is 1. The molecule has 2 N–H and O–H groups in total. The Morgan fingerprint density at radius 1 is 1.21 bits per heavy atom. The Labute approximate surface area is 175 Å². The molecule has 5 nitrogen and oxygen atoms in total. The highest BCUT2D eigenvalue weighted by atomic mass is 127. The zero-order valence-corrected chi connectivity index (χ0v) is 17.5. The molecule has 1 aliphatic carbocycles. The van der Waals surface area contributed by atoms with Gasteiger partial charge in [-0.05, 0) is 77.2 Å². The molecule has 0 bridgehead atoms. The molecular formula is C21H19FIN3O2. The Morgan fingerprint density at radius 2 is 1.93 bits per heavy atom. The van der Waals surface area contributed by atoms with Crippen LogP contribution in [-0.4, -0.2) is 29.4 Å². The lowest BCUT2D eigenvalue weighted by Gasteiger charge is -2.50. The van der Waals surface area contributed by atoms with Crippen molar-refractivity contribution in [1.29, 1.82) is 0 Å². The summed E-state index contributed by atoms with van der Waals surface area (Å²) in [5.41, 5.74) is 7.15. The normalized spacial score (nSPS) is 24.8. The van der Waals surface area contributed by atoms with Gasteiger partial charge in [0, 0.05) is 22.6 Å². The standard InChI is InChI=1S/C21H19FIN3O2/c1-26-18(27)21(25-19(26)24)11-20(7-2-8-20)28-17-6-4-12(9-14(17)21)13-3-5-15(22)16(23)10-13/h3-6,9-10H,2,7-8,11H2,1H3,(H2,24,25). The second-order valence-electron chi connectivity index (χ2n) is 7.85. The quantitative estimate of drug-likeness (QED) is 0.618. The Morgan fingerprint density at radius 3 is 2.54 bits per heavy atom. The van der Waals surface area contributed by atoms with Crippen molar-refractivity contribution < 1.29 is 13.9 Å². The van der Waals surface area contributed by atoms with E-state index in [1.807, 2.05) is 40.8 Å². The van der Waals surface area contributed by atoms with Gasteiger partial charge in [-0.15, -0.1) is 0 Å². The maximum atomic E-state index is 13.7. The molecule has 1 unspecified atom stereocenters. The lowest BCUT2D eigenvalue weighted by Crippen LogP contribution is -2.54. The van der Waals surface area contributed by atoms with Crippen LogP contribution in [0.25, 0.3) is 11.1 Å². The number of likely N-dealkylation sites (N-methyl/N-ethyl adjacent to an activating group) is 1. The monoisotopic (exact) mass is 491 g/mol. The van der Waals surface area contributed by atoms with Crippen LogP contribution in [0, 0.1) is 9.39 Å². The van der Waals surface area contributed by atoms with Crippen molar-refractivity contribution in [3.8, 4) is 16.9 Å². The molecule has 1 atom stereocenters. The number of hydrogen-bond donors (Lipinski definition) is 1. The van der Waals surface area contributed by atoms with Gasteiger partial charge in [0.2, 0.25) is 0 Å². The summed E-state index contributed by atoms with van der Waals surface area (Å²) >= 11 is 1.98. The number of aliphatic imine (C=N–C) groups is 1. The number of amides is 1. The number of nitrogens with zero attached hydrogens (tertiary/aromatic N) is 2. The zero-order chi connectivity index (χ0) is 19.7. The summed E-state index contributed by atoms with van der Waals surface area (Å²) in [5, 5.41) is 0. The van der Waals surface area contributed by atoms with Gasteiger partial charge in [0.15, 0.2) is 11.5 Å². The van der Waals surface area contributed by atoms with Crippen molar-refractivity contribution in [3.63, 3.8) is 0 Å². The van der Waals surface area contributed by atoms with E-state index in [4.69, 9.17) is 10.5 Å². The van der Waals surface area contributed by atoms with Gasteiger partial charge in [-0.2, -0.15) is 0 Å². The Balaban J connectivity index is 1.69. The summed E-state index contributed by atoms with van der Waals surface area (Å²) in [5.74, 6) is 0.548. The highest BCUT2D eigenvalue weighted by molar-refractivity contribution is 14.1. The fourth-order valence-corrected chi connectivity index (χ4v) is 4.98. The number of nitrogens with two attached hydrogens (primary N) is 1. The number of halogens is 2. The second-order valence-corrected chi connectivity index (χ2v) is 9.01. The van der Waals surface area contributed by atoms with Gasteiger partial charge in [0.1, 0.15) is 17.2 Å². The van der Waals surface area contributed by atoms with Crippen molar-refractivity contribution in [1.82, 2.24) is 4.90 Å². The van der Waals surface area contributed by atoms with Crippen LogP contribution in [-0.2, 0) is 10.3 Å². The van der Waals surface area contributed by atoms with E-state index >= 15 is 0 Å². The van der Waals surface area contributed by atoms with Crippen molar-refractivity contribution in [2.24, 2.45) is 10.7 Å². The summed E-state index contributed by atoms with van der Waals surface area (Å²) in [7, 11) is 1.66. The third-order valence-corrected chi connectivity index (χ3v) is 6.98. The van der Waals surface area contributed by atoms with Crippen molar-refractivity contribution in [2.75, 3.05) is 7.05 Å². The summed E-state index contributed by atoms with van der Waals surface area (Å²) in [6.07, 6.45) is 3.42. The molecule has 2 aromatic rings. The lowest BCUT2D eigenvalue weighted by atomic mass is 9.67. The van der Waals surface area contributed by atoms with E-state index in [0.29, 0.717) is 15.7 Å². The molecule has 3 aliphatic rings. The van der Waals surface area contributed by atoms with Crippen molar-refractivity contribution in [2.45, 2.75) is 36.8 Å². The third-order valence-electron chi connectivity index (χ3n) is 6.15. The van der Waals surface area contributed by atoms with Crippen LogP contribution in [0.5, 0.6) is 5.75 Å². The first-order valence-corrected chi connectivity index (χ1v) is 10.3. The summed E-state index contributed by atoms with van der Waals surface area (Å²) < 4.78 is 20.6. The molecule has 2 heterocycles. The number of rotatable bonds is 1. The number of ether oxygens (including phenoxy) is 1. The summed E-state index contributed by atoms with van der Waals surface area (Å²) in [6.45, 7) is 0. The van der Waals surface area contributed by atoms with Crippen LogP contribution in [0.15, 0.2) is 41.4 Å². The fraction of sp³-hybridized carbons (Fsp3) is 0.333. The molecule has 0 aromatic heterocycles. The van der Waals surface area contributed by atoms with Crippen molar-refractivity contribution in [3.05, 3.63) is 51.3 Å². The smallest absolute Gasteiger partial charge is 0.261 e. The predicted molar refractivity (Wildman–Crippen MR) is 112 cm³/mol. The molecule has 144 valence electrons. The molecule has 0 saturated heterocycles. The largest absolute Gasteiger partial charge is 0.487 e. The van der Waals surface area contributed by atoms with Crippen LogP contribution in [0.2, 0.25) is 0 Å². The second kappa shape index (κ2) is 5.92. The molecular weight excluding hydrogens is 472 g/mol. The topological polar surface area (TPSA) is 67.9 Å². The fourth-order valence-electron chi connectivity index (χ4n) is 4.47. The van der Waals surface area contributed by atoms with E-state index < -0.39 is 5.54 Å². The molecule has 1 saturated carbocycles. The minimum Gasteiger partial charge on any atom is -0.487 e. The van der Waals surface area contributed by atoms with Gasteiger partial charge in [0.05, 0.1) is 0 Å². The average molecular weight is 491 g/mol. The maximum absolute atomic E-state index is 13.7. The van der Waals surface area contributed by atoms with Gasteiger partial charge in [-0.25, -0.2) is 9.38 Å². The Bertz CT molecular complexity index is 1050. The number of benzene rings is 2. The number of fused-ring (bicyclic) bond motifs is 2. The van der Waals surface area contributed by atoms with Crippen molar-refractivity contribution >= 4 is 34.5 Å². The predicted octanol–water partition coefficient (Wildman–Crippen LogP) is 3.78. The van der Waals surface area contributed by atoms with E-state index in [-0.39, 0.29) is 23.3 Å². The van der Waals surface area contributed by atoms with E-state index in [1.165, 1.54) is 11.0 Å². The van der Waals surface area contributed by atoms with Gasteiger partial charge >= 0.3 is 0 Å². The van der Waals surface area contributed by atoms with Crippen LogP contribution in [0.3, 0.4) is 0 Å². The summed E-state index contributed by atoms with van der Waals surface area (Å²) in [4.78, 5) is 19.3. The zero-order valence-electron chi connectivity index (χ0n) is 15.3. The minimum atomic E-state index is -1.05. The average Bonchev–Trinajstić information content (AvgIpc) is 2.86. The molecule has 5 rings (SSSR count). The molecule has 1 fully saturated rings. The third kappa shape index (κ3) is 2.41. The molecule has 2 aromatic carbocycles. The maximum Gasteiger partial charge on any atom is 0.261 e. The van der Waals surface area contributed by atoms with Crippen LogP contribution < -0.4 is 10.5 Å².